The van der Waals surface area contributed by atoms with Crippen LogP contribution in [0.3, 0.4) is 0 Å². The number of fused-ring (bicyclic) bond motifs is 1. The Hall–Kier alpha value is -3.29. The van der Waals surface area contributed by atoms with Gasteiger partial charge in [-0.25, -0.2) is 0 Å². The average molecular weight is 396 g/mol. The van der Waals surface area contributed by atoms with E-state index in [9.17, 15) is 4.79 Å². The number of aryl methyl sites for hydroxylation is 2. The number of carbonyl (C=O) groups excluding carboxylic acids is 1. The number of methoxy groups -OCH3 is 1. The molecule has 29 heavy (non-hydrogen) atoms. The van der Waals surface area contributed by atoms with Gasteiger partial charge in [-0.1, -0.05) is 30.3 Å². The van der Waals surface area contributed by atoms with Crippen LogP contribution in [0.15, 0.2) is 39.4 Å². The lowest BCUT2D eigenvalue weighted by molar-refractivity contribution is -0.132. The monoisotopic (exact) mass is 396 g/mol. The molecule has 1 aliphatic rings. The predicted molar refractivity (Wildman–Crippen MR) is 106 cm³/mol. The van der Waals surface area contributed by atoms with E-state index in [0.29, 0.717) is 49.8 Å². The van der Waals surface area contributed by atoms with Crippen molar-refractivity contribution in [1.82, 2.24) is 15.2 Å². The minimum absolute atomic E-state index is 0.0622. The lowest BCUT2D eigenvalue weighted by Gasteiger charge is -2.26. The van der Waals surface area contributed by atoms with Gasteiger partial charge in [0.05, 0.1) is 19.2 Å². The van der Waals surface area contributed by atoms with Crippen LogP contribution < -0.4 is 10.1 Å². The first kappa shape index (κ1) is 19.0. The van der Waals surface area contributed by atoms with E-state index in [0.717, 1.165) is 23.4 Å². The second-order valence-electron chi connectivity index (χ2n) is 6.97. The van der Waals surface area contributed by atoms with E-state index < -0.39 is 0 Å². The summed E-state index contributed by atoms with van der Waals surface area (Å²) in [4.78, 5) is 14.5. The summed E-state index contributed by atoms with van der Waals surface area (Å²) in [6.45, 7) is 3.21. The van der Waals surface area contributed by atoms with Gasteiger partial charge in [-0.15, -0.1) is 0 Å². The Balaban J connectivity index is 1.42. The van der Waals surface area contributed by atoms with Gasteiger partial charge in [0.1, 0.15) is 11.5 Å². The standard InChI is InChI=1S/C21H24N4O4/c1-3-14-6-4-5-7-17(14)22-21-16-13-25(11-10-18(16)29-24-21)20(26)9-8-15-12-19(27-2)23-28-15/h4-7,12H,3,8-11,13H2,1-2H3,(H,22,24). The number of rotatable bonds is 7. The van der Waals surface area contributed by atoms with Crippen LogP contribution in [0.5, 0.6) is 5.88 Å². The molecule has 0 fully saturated rings. The van der Waals surface area contributed by atoms with Crippen molar-refractivity contribution in [3.63, 3.8) is 0 Å². The number of hydrogen-bond acceptors (Lipinski definition) is 7. The third-order valence-electron chi connectivity index (χ3n) is 5.16. The van der Waals surface area contributed by atoms with Crippen molar-refractivity contribution in [1.29, 1.82) is 0 Å². The third kappa shape index (κ3) is 4.11. The van der Waals surface area contributed by atoms with Crippen LogP contribution >= 0.6 is 0 Å². The molecular formula is C21H24N4O4. The minimum Gasteiger partial charge on any atom is -0.479 e. The Bertz CT molecular complexity index is 994. The molecule has 8 nitrogen and oxygen atoms in total. The highest BCUT2D eigenvalue weighted by Gasteiger charge is 2.27. The van der Waals surface area contributed by atoms with Gasteiger partial charge < -0.3 is 24.0 Å². The summed E-state index contributed by atoms with van der Waals surface area (Å²) in [5, 5.41) is 11.3. The molecule has 0 unspecified atom stereocenters. The van der Waals surface area contributed by atoms with Gasteiger partial charge in [-0.3, -0.25) is 4.79 Å². The van der Waals surface area contributed by atoms with Crippen LogP contribution in [-0.4, -0.2) is 34.8 Å². The van der Waals surface area contributed by atoms with Gasteiger partial charge in [-0.2, -0.15) is 0 Å². The zero-order valence-electron chi connectivity index (χ0n) is 16.6. The first-order valence-corrected chi connectivity index (χ1v) is 9.77. The van der Waals surface area contributed by atoms with Crippen molar-refractivity contribution in [3.05, 3.63) is 53.0 Å². The van der Waals surface area contributed by atoms with E-state index in [1.807, 2.05) is 23.1 Å². The van der Waals surface area contributed by atoms with Crippen LogP contribution in [0.25, 0.3) is 0 Å². The molecule has 0 spiro atoms. The average Bonchev–Trinajstić information content (AvgIpc) is 3.39. The molecule has 1 aliphatic heterocycles. The zero-order valence-corrected chi connectivity index (χ0v) is 16.6. The molecule has 3 aromatic rings. The largest absolute Gasteiger partial charge is 0.479 e. The maximum atomic E-state index is 12.7. The summed E-state index contributed by atoms with van der Waals surface area (Å²) >= 11 is 0. The normalized spacial score (nSPS) is 13.2. The molecule has 1 N–H and O–H groups in total. The number of ether oxygens (including phenoxy) is 1. The minimum atomic E-state index is 0.0622. The highest BCUT2D eigenvalue weighted by atomic mass is 16.5. The summed E-state index contributed by atoms with van der Waals surface area (Å²) in [5.41, 5.74) is 3.15. The number of carbonyl (C=O) groups is 1. The highest BCUT2D eigenvalue weighted by molar-refractivity contribution is 5.77. The molecule has 1 aromatic carbocycles. The van der Waals surface area contributed by atoms with Crippen molar-refractivity contribution in [2.24, 2.45) is 0 Å². The van der Waals surface area contributed by atoms with E-state index in [-0.39, 0.29) is 5.91 Å². The van der Waals surface area contributed by atoms with Gasteiger partial charge in [-0.05, 0) is 23.2 Å². The molecule has 152 valence electrons. The van der Waals surface area contributed by atoms with E-state index in [1.165, 1.54) is 12.7 Å². The van der Waals surface area contributed by atoms with Crippen molar-refractivity contribution in [2.75, 3.05) is 19.0 Å². The van der Waals surface area contributed by atoms with E-state index in [1.54, 1.807) is 6.07 Å². The second kappa shape index (κ2) is 8.38. The Morgan fingerprint density at radius 2 is 2.14 bits per heavy atom. The summed E-state index contributed by atoms with van der Waals surface area (Å²) in [6, 6.07) is 9.82. The first-order chi connectivity index (χ1) is 14.2. The van der Waals surface area contributed by atoms with Crippen molar-refractivity contribution < 1.29 is 18.6 Å². The lowest BCUT2D eigenvalue weighted by Crippen LogP contribution is -2.35. The molecule has 0 saturated heterocycles. The second-order valence-corrected chi connectivity index (χ2v) is 6.97. The number of anilines is 2. The van der Waals surface area contributed by atoms with E-state index in [2.05, 4.69) is 28.6 Å². The van der Waals surface area contributed by atoms with Crippen LogP contribution in [0, 0.1) is 0 Å². The lowest BCUT2D eigenvalue weighted by atomic mass is 10.1. The van der Waals surface area contributed by atoms with Crippen molar-refractivity contribution >= 4 is 17.4 Å². The van der Waals surface area contributed by atoms with Gasteiger partial charge in [0.2, 0.25) is 5.91 Å². The molecule has 4 rings (SSSR count). The number of hydrogen-bond donors (Lipinski definition) is 1. The van der Waals surface area contributed by atoms with Gasteiger partial charge in [0, 0.05) is 37.6 Å². The predicted octanol–water partition coefficient (Wildman–Crippen LogP) is 3.49. The molecule has 0 saturated carbocycles. The quantitative estimate of drug-likeness (QED) is 0.653. The van der Waals surface area contributed by atoms with Crippen molar-refractivity contribution in [3.8, 4) is 5.88 Å². The molecular weight excluding hydrogens is 372 g/mol. The topological polar surface area (TPSA) is 93.6 Å². The summed E-state index contributed by atoms with van der Waals surface area (Å²) in [7, 11) is 1.53. The Kier molecular flexibility index (Phi) is 5.50. The maximum Gasteiger partial charge on any atom is 0.254 e. The smallest absolute Gasteiger partial charge is 0.254 e. The Morgan fingerprint density at radius 3 is 2.93 bits per heavy atom. The third-order valence-corrected chi connectivity index (χ3v) is 5.16. The highest BCUT2D eigenvalue weighted by Crippen LogP contribution is 2.30. The van der Waals surface area contributed by atoms with Crippen LogP contribution in [0.2, 0.25) is 0 Å². The van der Waals surface area contributed by atoms with E-state index in [4.69, 9.17) is 13.8 Å². The zero-order chi connectivity index (χ0) is 20.2. The number of nitrogens with zero attached hydrogens (tertiary/aromatic N) is 3. The molecule has 0 radical (unpaired) electrons. The number of amides is 1. The van der Waals surface area contributed by atoms with Crippen LogP contribution in [0.1, 0.15) is 36.0 Å². The molecule has 1 amide bonds. The molecule has 8 heteroatoms. The maximum absolute atomic E-state index is 12.7. The number of benzene rings is 1. The number of aromatic nitrogens is 2. The Morgan fingerprint density at radius 1 is 1.28 bits per heavy atom. The van der Waals surface area contributed by atoms with Crippen LogP contribution in [-0.2, 0) is 30.6 Å². The van der Waals surface area contributed by atoms with E-state index >= 15 is 0 Å². The number of para-hydroxylation sites is 1. The number of nitrogens with one attached hydrogen (secondary N) is 1. The summed E-state index contributed by atoms with van der Waals surface area (Å²) < 4.78 is 15.7. The van der Waals surface area contributed by atoms with Crippen molar-refractivity contribution in [2.45, 2.75) is 39.2 Å². The summed E-state index contributed by atoms with van der Waals surface area (Å²) in [6.07, 6.45) is 2.40. The molecule has 0 aliphatic carbocycles. The fraction of sp³-hybridized carbons (Fsp3) is 0.381. The molecule has 3 heterocycles. The molecule has 2 aromatic heterocycles. The van der Waals surface area contributed by atoms with Gasteiger partial charge in [0.15, 0.2) is 5.82 Å². The first-order valence-electron chi connectivity index (χ1n) is 9.77. The summed E-state index contributed by atoms with van der Waals surface area (Å²) in [5.74, 6) is 2.63. The molecule has 0 bridgehead atoms. The Labute approximate surface area is 168 Å². The van der Waals surface area contributed by atoms with Gasteiger partial charge in [0.25, 0.3) is 5.88 Å². The fourth-order valence-electron chi connectivity index (χ4n) is 3.49. The van der Waals surface area contributed by atoms with Crippen LogP contribution in [0.4, 0.5) is 11.5 Å². The SMILES string of the molecule is CCc1ccccc1Nc1noc2c1CN(C(=O)CCc1cc(OC)no1)CC2. The molecule has 0 atom stereocenters. The fourth-order valence-corrected chi connectivity index (χ4v) is 3.49. The van der Waals surface area contributed by atoms with Gasteiger partial charge >= 0.3 is 0 Å².